The van der Waals surface area contributed by atoms with Gasteiger partial charge in [0.15, 0.2) is 0 Å². The standard InChI is InChI=1S/C10H16N2O/c1-11-3-2-10(8-11)9-12-4-6-13-7-5-12/h2-3,8H,4-7,9H2,1H3. The van der Waals surface area contributed by atoms with Crippen LogP contribution in [0.5, 0.6) is 0 Å². The second-order valence-electron chi connectivity index (χ2n) is 3.57. The van der Waals surface area contributed by atoms with Gasteiger partial charge in [-0.1, -0.05) is 0 Å². The summed E-state index contributed by atoms with van der Waals surface area (Å²) >= 11 is 0. The fourth-order valence-corrected chi connectivity index (χ4v) is 1.67. The molecule has 13 heavy (non-hydrogen) atoms. The van der Waals surface area contributed by atoms with E-state index < -0.39 is 0 Å². The molecule has 1 aromatic heterocycles. The van der Waals surface area contributed by atoms with E-state index >= 15 is 0 Å². The molecule has 0 bridgehead atoms. The molecule has 1 saturated heterocycles. The molecule has 0 spiro atoms. The van der Waals surface area contributed by atoms with Gasteiger partial charge in [0.2, 0.25) is 0 Å². The molecule has 72 valence electrons. The van der Waals surface area contributed by atoms with E-state index in [9.17, 15) is 0 Å². The molecule has 0 aliphatic carbocycles. The zero-order valence-electron chi connectivity index (χ0n) is 8.07. The molecule has 0 saturated carbocycles. The zero-order valence-corrected chi connectivity index (χ0v) is 8.07. The van der Waals surface area contributed by atoms with Crippen molar-refractivity contribution >= 4 is 0 Å². The number of ether oxygens (including phenoxy) is 1. The maximum Gasteiger partial charge on any atom is 0.0594 e. The Morgan fingerprint density at radius 2 is 2.15 bits per heavy atom. The van der Waals surface area contributed by atoms with Crippen LogP contribution in [0.1, 0.15) is 5.56 Å². The molecule has 1 aliphatic heterocycles. The van der Waals surface area contributed by atoms with E-state index in [4.69, 9.17) is 4.74 Å². The number of rotatable bonds is 2. The third kappa shape index (κ3) is 2.32. The zero-order chi connectivity index (χ0) is 9.10. The highest BCUT2D eigenvalue weighted by molar-refractivity contribution is 5.09. The minimum atomic E-state index is 0.882. The Balaban J connectivity index is 1.89. The smallest absolute Gasteiger partial charge is 0.0594 e. The Morgan fingerprint density at radius 1 is 1.38 bits per heavy atom. The number of nitrogens with zero attached hydrogens (tertiary/aromatic N) is 2. The minimum Gasteiger partial charge on any atom is -0.379 e. The van der Waals surface area contributed by atoms with Gasteiger partial charge in [-0.15, -0.1) is 0 Å². The van der Waals surface area contributed by atoms with Gasteiger partial charge in [0, 0.05) is 39.1 Å². The number of aryl methyl sites for hydroxylation is 1. The Bertz CT molecular complexity index is 264. The summed E-state index contributed by atoms with van der Waals surface area (Å²) in [6.07, 6.45) is 4.27. The van der Waals surface area contributed by atoms with Crippen LogP contribution < -0.4 is 0 Å². The highest BCUT2D eigenvalue weighted by Crippen LogP contribution is 2.06. The molecule has 1 fully saturated rings. The predicted molar refractivity (Wildman–Crippen MR) is 51.5 cm³/mol. The van der Waals surface area contributed by atoms with Crippen molar-refractivity contribution in [3.05, 3.63) is 24.0 Å². The molecule has 2 rings (SSSR count). The van der Waals surface area contributed by atoms with Gasteiger partial charge in [-0.05, 0) is 11.6 Å². The van der Waals surface area contributed by atoms with Crippen LogP contribution in [0.15, 0.2) is 18.5 Å². The number of aromatic nitrogens is 1. The lowest BCUT2D eigenvalue weighted by atomic mass is 10.3. The molecule has 0 atom stereocenters. The molecule has 0 amide bonds. The second kappa shape index (κ2) is 3.94. The van der Waals surface area contributed by atoms with Gasteiger partial charge in [0.1, 0.15) is 0 Å². The van der Waals surface area contributed by atoms with Crippen molar-refractivity contribution in [2.45, 2.75) is 6.54 Å². The van der Waals surface area contributed by atoms with E-state index in [1.165, 1.54) is 5.56 Å². The van der Waals surface area contributed by atoms with E-state index in [1.54, 1.807) is 0 Å². The van der Waals surface area contributed by atoms with Crippen LogP contribution in [0, 0.1) is 0 Å². The van der Waals surface area contributed by atoms with Gasteiger partial charge < -0.3 is 9.30 Å². The first kappa shape index (κ1) is 8.78. The van der Waals surface area contributed by atoms with Crippen LogP contribution in [0.4, 0.5) is 0 Å². The molecular weight excluding hydrogens is 164 g/mol. The summed E-state index contributed by atoms with van der Waals surface area (Å²) in [6.45, 7) is 4.95. The molecule has 1 aromatic rings. The Kier molecular flexibility index (Phi) is 2.66. The van der Waals surface area contributed by atoms with Crippen LogP contribution >= 0.6 is 0 Å². The van der Waals surface area contributed by atoms with Gasteiger partial charge in [-0.2, -0.15) is 0 Å². The molecule has 0 unspecified atom stereocenters. The first-order valence-corrected chi connectivity index (χ1v) is 4.75. The Hall–Kier alpha value is -0.800. The summed E-state index contributed by atoms with van der Waals surface area (Å²) in [5, 5.41) is 0. The summed E-state index contributed by atoms with van der Waals surface area (Å²) in [4.78, 5) is 2.43. The van der Waals surface area contributed by atoms with Gasteiger partial charge >= 0.3 is 0 Å². The molecule has 1 aliphatic rings. The first-order valence-electron chi connectivity index (χ1n) is 4.75. The van der Waals surface area contributed by atoms with Crippen LogP contribution in [0.2, 0.25) is 0 Å². The van der Waals surface area contributed by atoms with Crippen molar-refractivity contribution in [2.75, 3.05) is 26.3 Å². The topological polar surface area (TPSA) is 17.4 Å². The number of hydrogen-bond donors (Lipinski definition) is 0. The van der Waals surface area contributed by atoms with Crippen molar-refractivity contribution in [2.24, 2.45) is 7.05 Å². The van der Waals surface area contributed by atoms with Crippen LogP contribution in [-0.2, 0) is 18.3 Å². The summed E-state index contributed by atoms with van der Waals surface area (Å²) in [5.41, 5.74) is 1.39. The normalized spacial score (nSPS) is 19.2. The average Bonchev–Trinajstić information content (AvgIpc) is 2.53. The average molecular weight is 180 g/mol. The predicted octanol–water partition coefficient (Wildman–Crippen LogP) is 0.857. The van der Waals surface area contributed by atoms with Gasteiger partial charge in [-0.3, -0.25) is 4.90 Å². The molecule has 0 N–H and O–H groups in total. The van der Waals surface area contributed by atoms with E-state index in [0.717, 1.165) is 32.8 Å². The van der Waals surface area contributed by atoms with Crippen LogP contribution in [-0.4, -0.2) is 35.8 Å². The highest BCUT2D eigenvalue weighted by atomic mass is 16.5. The Morgan fingerprint density at radius 3 is 2.77 bits per heavy atom. The summed E-state index contributed by atoms with van der Waals surface area (Å²) in [5.74, 6) is 0. The van der Waals surface area contributed by atoms with Crippen molar-refractivity contribution < 1.29 is 4.74 Å². The van der Waals surface area contributed by atoms with Crippen molar-refractivity contribution in [1.29, 1.82) is 0 Å². The maximum atomic E-state index is 5.30. The van der Waals surface area contributed by atoms with Crippen molar-refractivity contribution in [1.82, 2.24) is 9.47 Å². The molecule has 0 aromatic carbocycles. The van der Waals surface area contributed by atoms with Gasteiger partial charge in [0.05, 0.1) is 13.2 Å². The lowest BCUT2D eigenvalue weighted by molar-refractivity contribution is 0.0342. The van der Waals surface area contributed by atoms with Gasteiger partial charge in [0.25, 0.3) is 0 Å². The molecule has 3 heteroatoms. The summed E-state index contributed by atoms with van der Waals surface area (Å²) in [7, 11) is 2.06. The minimum absolute atomic E-state index is 0.882. The van der Waals surface area contributed by atoms with E-state index in [2.05, 4.69) is 35.0 Å². The Labute approximate surface area is 78.9 Å². The molecular formula is C10H16N2O. The molecule has 2 heterocycles. The van der Waals surface area contributed by atoms with Crippen LogP contribution in [0.25, 0.3) is 0 Å². The van der Waals surface area contributed by atoms with E-state index in [0.29, 0.717) is 0 Å². The third-order valence-corrected chi connectivity index (χ3v) is 2.40. The summed E-state index contributed by atoms with van der Waals surface area (Å²) in [6, 6.07) is 2.18. The summed E-state index contributed by atoms with van der Waals surface area (Å²) < 4.78 is 7.39. The lowest BCUT2D eigenvalue weighted by Crippen LogP contribution is -2.35. The first-order chi connectivity index (χ1) is 6.34. The van der Waals surface area contributed by atoms with E-state index in [1.807, 2.05) is 0 Å². The third-order valence-electron chi connectivity index (χ3n) is 2.40. The quantitative estimate of drug-likeness (QED) is 0.671. The number of morpholine rings is 1. The highest BCUT2D eigenvalue weighted by Gasteiger charge is 2.10. The monoisotopic (exact) mass is 180 g/mol. The van der Waals surface area contributed by atoms with Crippen molar-refractivity contribution in [3.8, 4) is 0 Å². The maximum absolute atomic E-state index is 5.30. The second-order valence-corrected chi connectivity index (χ2v) is 3.57. The van der Waals surface area contributed by atoms with E-state index in [-0.39, 0.29) is 0 Å². The van der Waals surface area contributed by atoms with Gasteiger partial charge in [-0.25, -0.2) is 0 Å². The van der Waals surface area contributed by atoms with Crippen LogP contribution in [0.3, 0.4) is 0 Å². The fourth-order valence-electron chi connectivity index (χ4n) is 1.67. The fraction of sp³-hybridized carbons (Fsp3) is 0.600. The molecule has 0 radical (unpaired) electrons. The lowest BCUT2D eigenvalue weighted by Gasteiger charge is -2.26. The number of hydrogen-bond acceptors (Lipinski definition) is 2. The largest absolute Gasteiger partial charge is 0.379 e. The van der Waals surface area contributed by atoms with Crippen molar-refractivity contribution in [3.63, 3.8) is 0 Å². The molecule has 3 nitrogen and oxygen atoms in total. The SMILES string of the molecule is Cn1ccc(CN2CCOCC2)c1.